The lowest BCUT2D eigenvalue weighted by Crippen LogP contribution is -2.18. The Morgan fingerprint density at radius 2 is 2.12 bits per heavy atom. The van der Waals surface area contributed by atoms with E-state index in [2.05, 4.69) is 10.6 Å². The highest BCUT2D eigenvalue weighted by atomic mass is 15.1. The minimum atomic E-state index is 0.534. The lowest BCUT2D eigenvalue weighted by molar-refractivity contribution is 0.325. The number of nitrogens with two attached hydrogens (primary N) is 1. The van der Waals surface area contributed by atoms with Crippen LogP contribution in [0.15, 0.2) is 24.3 Å². The number of benzene rings is 1. The average Bonchev–Trinajstić information content (AvgIpc) is 2.53. The third-order valence-electron chi connectivity index (χ3n) is 3.44. The average molecular weight is 211 g/mol. The number of nitrogen functional groups attached to an aromatic ring is 1. The van der Waals surface area contributed by atoms with E-state index < -0.39 is 0 Å². The molecule has 0 aliphatic heterocycles. The fraction of sp³-hybridized carbons (Fsp3) is 0.308. The minimum Gasteiger partial charge on any atom is -0.385 e. The number of aromatic nitrogens is 1. The van der Waals surface area contributed by atoms with Crippen LogP contribution in [0.4, 0.5) is 5.82 Å². The van der Waals surface area contributed by atoms with Crippen molar-refractivity contribution >= 4 is 16.7 Å². The molecule has 1 saturated carbocycles. The van der Waals surface area contributed by atoms with Gasteiger partial charge in [0.15, 0.2) is 0 Å². The van der Waals surface area contributed by atoms with Crippen molar-refractivity contribution in [2.45, 2.75) is 25.3 Å². The third kappa shape index (κ3) is 1.20. The molecule has 1 aliphatic rings. The zero-order chi connectivity index (χ0) is 11.1. The van der Waals surface area contributed by atoms with Crippen molar-refractivity contribution in [1.29, 1.82) is 5.26 Å². The number of anilines is 1. The minimum absolute atomic E-state index is 0.534. The lowest BCUT2D eigenvalue weighted by atomic mass is 9.92. The van der Waals surface area contributed by atoms with Crippen LogP contribution in [0.5, 0.6) is 0 Å². The van der Waals surface area contributed by atoms with Gasteiger partial charge in [-0.25, -0.2) is 0 Å². The zero-order valence-corrected chi connectivity index (χ0v) is 8.98. The number of rotatable bonds is 1. The normalized spacial score (nSPS) is 15.9. The van der Waals surface area contributed by atoms with Gasteiger partial charge in [0, 0.05) is 11.4 Å². The van der Waals surface area contributed by atoms with E-state index in [0.29, 0.717) is 11.6 Å². The molecular formula is C13H13N3. The van der Waals surface area contributed by atoms with Crippen molar-refractivity contribution < 1.29 is 0 Å². The van der Waals surface area contributed by atoms with Crippen molar-refractivity contribution in [3.05, 3.63) is 29.8 Å². The monoisotopic (exact) mass is 211 g/mol. The predicted molar refractivity (Wildman–Crippen MR) is 64.0 cm³/mol. The van der Waals surface area contributed by atoms with Gasteiger partial charge in [0.1, 0.15) is 5.82 Å². The van der Waals surface area contributed by atoms with Gasteiger partial charge in [-0.2, -0.15) is 5.26 Å². The Bertz CT molecular complexity index is 585. The molecular weight excluding hydrogens is 198 g/mol. The molecule has 80 valence electrons. The summed E-state index contributed by atoms with van der Waals surface area (Å²) >= 11 is 0. The molecule has 0 amide bonds. The quantitative estimate of drug-likeness (QED) is 0.788. The molecule has 0 saturated heterocycles. The third-order valence-corrected chi connectivity index (χ3v) is 3.44. The maximum Gasteiger partial charge on any atom is 0.104 e. The summed E-state index contributed by atoms with van der Waals surface area (Å²) in [6.45, 7) is 0. The van der Waals surface area contributed by atoms with Crippen molar-refractivity contribution in [3.8, 4) is 6.07 Å². The molecule has 0 radical (unpaired) electrons. The fourth-order valence-electron chi connectivity index (χ4n) is 2.36. The molecule has 3 rings (SSSR count). The first-order valence-electron chi connectivity index (χ1n) is 5.60. The maximum atomic E-state index is 8.91. The van der Waals surface area contributed by atoms with E-state index in [4.69, 9.17) is 11.0 Å². The van der Waals surface area contributed by atoms with Crippen LogP contribution in [0.3, 0.4) is 0 Å². The molecule has 2 aromatic rings. The topological polar surface area (TPSA) is 54.7 Å². The Kier molecular flexibility index (Phi) is 1.90. The summed E-state index contributed by atoms with van der Waals surface area (Å²) in [5.74, 6) is 0.815. The van der Waals surface area contributed by atoms with Crippen molar-refractivity contribution in [3.63, 3.8) is 0 Å². The van der Waals surface area contributed by atoms with Gasteiger partial charge in [-0.05, 0) is 37.5 Å². The summed E-state index contributed by atoms with van der Waals surface area (Å²) < 4.78 is 2.18. The lowest BCUT2D eigenvalue weighted by Gasteiger charge is -2.29. The molecule has 3 nitrogen and oxygen atoms in total. The van der Waals surface area contributed by atoms with Gasteiger partial charge in [-0.3, -0.25) is 0 Å². The van der Waals surface area contributed by atoms with Crippen LogP contribution in [0.1, 0.15) is 30.9 Å². The van der Waals surface area contributed by atoms with Crippen molar-refractivity contribution in [2.75, 3.05) is 5.73 Å². The highest BCUT2D eigenvalue weighted by molar-refractivity contribution is 5.85. The zero-order valence-electron chi connectivity index (χ0n) is 8.98. The second-order valence-corrected chi connectivity index (χ2v) is 4.41. The summed E-state index contributed by atoms with van der Waals surface area (Å²) in [6.07, 6.45) is 3.68. The first-order valence-corrected chi connectivity index (χ1v) is 5.60. The highest BCUT2D eigenvalue weighted by Gasteiger charge is 2.22. The largest absolute Gasteiger partial charge is 0.385 e. The second kappa shape index (κ2) is 3.28. The van der Waals surface area contributed by atoms with Crippen LogP contribution in [0.2, 0.25) is 0 Å². The van der Waals surface area contributed by atoms with Crippen LogP contribution in [0.25, 0.3) is 10.9 Å². The molecule has 2 N–H and O–H groups in total. The Morgan fingerprint density at radius 3 is 2.75 bits per heavy atom. The molecule has 1 aromatic heterocycles. The first-order chi connectivity index (χ1) is 7.79. The molecule has 1 fully saturated rings. The van der Waals surface area contributed by atoms with Gasteiger partial charge < -0.3 is 10.3 Å². The smallest absolute Gasteiger partial charge is 0.104 e. The molecule has 0 unspecified atom stereocenters. The van der Waals surface area contributed by atoms with E-state index in [-0.39, 0.29) is 0 Å². The van der Waals surface area contributed by atoms with E-state index in [1.165, 1.54) is 19.3 Å². The molecule has 16 heavy (non-hydrogen) atoms. The standard InChI is InChI=1S/C13H13N3/c14-8-9-4-5-10-7-13(15)16(12(10)6-9)11-2-1-3-11/h4-7,11H,1-3,15H2. The second-order valence-electron chi connectivity index (χ2n) is 4.41. The van der Waals surface area contributed by atoms with E-state index in [1.54, 1.807) is 0 Å². The number of nitrogens with zero attached hydrogens (tertiary/aromatic N) is 2. The fourth-order valence-corrected chi connectivity index (χ4v) is 2.36. The van der Waals surface area contributed by atoms with E-state index in [9.17, 15) is 0 Å². The van der Waals surface area contributed by atoms with E-state index in [1.807, 2.05) is 24.3 Å². The van der Waals surface area contributed by atoms with Crippen LogP contribution in [0, 0.1) is 11.3 Å². The van der Waals surface area contributed by atoms with Crippen LogP contribution in [-0.4, -0.2) is 4.57 Å². The van der Waals surface area contributed by atoms with Gasteiger partial charge >= 0.3 is 0 Å². The molecule has 1 aliphatic carbocycles. The summed E-state index contributed by atoms with van der Waals surface area (Å²) in [6, 6.07) is 10.5. The summed E-state index contributed by atoms with van der Waals surface area (Å²) in [5.41, 5.74) is 7.83. The predicted octanol–water partition coefficient (Wildman–Crippen LogP) is 2.82. The number of hydrogen-bond acceptors (Lipinski definition) is 2. The van der Waals surface area contributed by atoms with Gasteiger partial charge in [0.25, 0.3) is 0 Å². The molecule has 3 heteroatoms. The Balaban J connectivity index is 2.24. The summed E-state index contributed by atoms with van der Waals surface area (Å²) in [5, 5.41) is 10.0. The molecule has 0 atom stereocenters. The van der Waals surface area contributed by atoms with Crippen molar-refractivity contribution in [1.82, 2.24) is 4.57 Å². The van der Waals surface area contributed by atoms with Gasteiger partial charge in [0.2, 0.25) is 0 Å². The number of fused-ring (bicyclic) bond motifs is 1. The molecule has 0 spiro atoms. The number of nitriles is 1. The molecule has 1 heterocycles. The Hall–Kier alpha value is -1.95. The summed E-state index contributed by atoms with van der Waals surface area (Å²) in [4.78, 5) is 0. The molecule has 1 aromatic carbocycles. The van der Waals surface area contributed by atoms with Crippen LogP contribution in [-0.2, 0) is 0 Å². The van der Waals surface area contributed by atoms with Crippen LogP contribution >= 0.6 is 0 Å². The maximum absolute atomic E-state index is 8.91. The summed E-state index contributed by atoms with van der Waals surface area (Å²) in [7, 11) is 0. The Labute approximate surface area is 94.1 Å². The van der Waals surface area contributed by atoms with Crippen LogP contribution < -0.4 is 5.73 Å². The number of hydrogen-bond donors (Lipinski definition) is 1. The first kappa shape index (κ1) is 9.29. The van der Waals surface area contributed by atoms with E-state index >= 15 is 0 Å². The SMILES string of the molecule is N#Cc1ccc2cc(N)n(C3CCC3)c2c1. The highest BCUT2D eigenvalue weighted by Crippen LogP contribution is 2.37. The van der Waals surface area contributed by atoms with Gasteiger partial charge in [0.05, 0.1) is 17.1 Å². The van der Waals surface area contributed by atoms with Gasteiger partial charge in [-0.15, -0.1) is 0 Å². The Morgan fingerprint density at radius 1 is 1.31 bits per heavy atom. The molecule has 0 bridgehead atoms. The van der Waals surface area contributed by atoms with Crippen molar-refractivity contribution in [2.24, 2.45) is 0 Å². The van der Waals surface area contributed by atoms with E-state index in [0.717, 1.165) is 16.7 Å². The van der Waals surface area contributed by atoms with Gasteiger partial charge in [-0.1, -0.05) is 6.07 Å².